The first-order chi connectivity index (χ1) is 4.72. The smallest absolute Gasteiger partial charge is 0.178 e. The minimum atomic E-state index is -0.102. The normalized spacial score (nSPS) is 12.0. The second-order valence-corrected chi connectivity index (χ2v) is 1.65. The van der Waals surface area contributed by atoms with Crippen LogP contribution in [-0.2, 0) is 4.79 Å². The van der Waals surface area contributed by atoms with Gasteiger partial charge < -0.3 is 0 Å². The highest BCUT2D eigenvalue weighted by Gasteiger charge is 1.96. The zero-order chi connectivity index (χ0) is 7.98. The van der Waals surface area contributed by atoms with Gasteiger partial charge in [0.25, 0.3) is 0 Å². The van der Waals surface area contributed by atoms with Gasteiger partial charge in [0, 0.05) is 14.0 Å². The topological polar surface area (TPSA) is 41.8 Å². The Morgan fingerprint density at radius 2 is 2.20 bits per heavy atom. The van der Waals surface area contributed by atoms with Crippen molar-refractivity contribution in [3.8, 4) is 0 Å². The van der Waals surface area contributed by atoms with Crippen molar-refractivity contribution in [3.63, 3.8) is 0 Å². The predicted octanol–water partition coefficient (Wildman–Crippen LogP) is 0.861. The average Bonchev–Trinajstić information content (AvgIpc) is 1.89. The maximum Gasteiger partial charge on any atom is 0.178 e. The minimum absolute atomic E-state index is 0.102. The summed E-state index contributed by atoms with van der Waals surface area (Å²) in [5.41, 5.74) is 0.339. The number of aliphatic imine (C=N–C) groups is 2. The minimum Gasteiger partial charge on any atom is -0.293 e. The van der Waals surface area contributed by atoms with E-state index in [0.717, 1.165) is 0 Å². The molecule has 0 aromatic heterocycles. The van der Waals surface area contributed by atoms with Crippen LogP contribution in [0.1, 0.15) is 6.92 Å². The fraction of sp³-hybridized carbons (Fsp3) is 0.286. The van der Waals surface area contributed by atoms with Crippen LogP contribution in [0, 0.1) is 0 Å². The van der Waals surface area contributed by atoms with Crippen molar-refractivity contribution in [2.45, 2.75) is 6.92 Å². The van der Waals surface area contributed by atoms with Crippen molar-refractivity contribution in [1.29, 1.82) is 0 Å². The van der Waals surface area contributed by atoms with E-state index < -0.39 is 0 Å². The van der Waals surface area contributed by atoms with Gasteiger partial charge in [-0.2, -0.15) is 0 Å². The van der Waals surface area contributed by atoms with E-state index in [1.165, 1.54) is 19.3 Å². The van der Waals surface area contributed by atoms with Gasteiger partial charge in [-0.3, -0.25) is 9.79 Å². The molecule has 0 N–H and O–H groups in total. The molecule has 0 aliphatic heterocycles. The maximum atomic E-state index is 10.6. The number of hydrogen-bond donors (Lipinski definition) is 0. The molecule has 0 amide bonds. The van der Waals surface area contributed by atoms with Crippen molar-refractivity contribution in [3.05, 3.63) is 12.7 Å². The summed E-state index contributed by atoms with van der Waals surface area (Å²) in [7, 11) is 1.59. The summed E-state index contributed by atoms with van der Waals surface area (Å²) in [5.74, 6) is -0.102. The predicted molar refractivity (Wildman–Crippen MR) is 42.7 cm³/mol. The van der Waals surface area contributed by atoms with Crippen LogP contribution in [0.2, 0.25) is 0 Å². The SMILES string of the molecule is C=CC(=NC=NC)C(C)=O. The molecule has 0 fully saturated rings. The zero-order valence-electron chi connectivity index (χ0n) is 6.16. The fourth-order valence-electron chi connectivity index (χ4n) is 0.407. The molecule has 0 aromatic rings. The second-order valence-electron chi connectivity index (χ2n) is 1.65. The van der Waals surface area contributed by atoms with Crippen LogP contribution in [0.5, 0.6) is 0 Å². The molecule has 0 aromatic carbocycles. The molecule has 0 aliphatic rings. The Morgan fingerprint density at radius 1 is 1.60 bits per heavy atom. The molecule has 0 bridgehead atoms. The lowest BCUT2D eigenvalue weighted by Crippen LogP contribution is -2.05. The molecule has 0 heterocycles. The van der Waals surface area contributed by atoms with Gasteiger partial charge in [-0.25, -0.2) is 4.99 Å². The zero-order valence-corrected chi connectivity index (χ0v) is 6.16. The molecule has 0 unspecified atom stereocenters. The number of ketones is 1. The summed E-state index contributed by atoms with van der Waals surface area (Å²) < 4.78 is 0. The van der Waals surface area contributed by atoms with Crippen LogP contribution >= 0.6 is 0 Å². The molecular formula is C7H10N2O. The number of hydrogen-bond acceptors (Lipinski definition) is 2. The summed E-state index contributed by atoms with van der Waals surface area (Å²) in [6.07, 6.45) is 2.72. The van der Waals surface area contributed by atoms with Crippen molar-refractivity contribution in [2.24, 2.45) is 9.98 Å². The van der Waals surface area contributed by atoms with Gasteiger partial charge in [0.05, 0.1) is 0 Å². The monoisotopic (exact) mass is 138 g/mol. The first-order valence-corrected chi connectivity index (χ1v) is 2.84. The first kappa shape index (κ1) is 8.75. The Morgan fingerprint density at radius 3 is 2.50 bits per heavy atom. The summed E-state index contributed by atoms with van der Waals surface area (Å²) in [6.45, 7) is 4.86. The largest absolute Gasteiger partial charge is 0.293 e. The third kappa shape index (κ3) is 2.91. The summed E-state index contributed by atoms with van der Waals surface area (Å²) in [6, 6.07) is 0. The number of carbonyl (C=O) groups is 1. The van der Waals surface area contributed by atoms with Crippen molar-refractivity contribution in [2.75, 3.05) is 7.05 Å². The third-order valence-corrected chi connectivity index (χ3v) is 0.866. The third-order valence-electron chi connectivity index (χ3n) is 0.866. The van der Waals surface area contributed by atoms with Gasteiger partial charge in [0.2, 0.25) is 0 Å². The molecule has 3 heteroatoms. The van der Waals surface area contributed by atoms with E-state index in [4.69, 9.17) is 0 Å². The van der Waals surface area contributed by atoms with Gasteiger partial charge in [-0.05, 0) is 6.08 Å². The first-order valence-electron chi connectivity index (χ1n) is 2.84. The van der Waals surface area contributed by atoms with Gasteiger partial charge in [-0.15, -0.1) is 0 Å². The molecule has 0 rings (SSSR count). The van der Waals surface area contributed by atoms with Crippen LogP contribution < -0.4 is 0 Å². The number of allylic oxidation sites excluding steroid dienone is 1. The Bertz CT molecular complexity index is 192. The van der Waals surface area contributed by atoms with E-state index in [2.05, 4.69) is 16.6 Å². The van der Waals surface area contributed by atoms with Crippen molar-refractivity contribution < 1.29 is 4.79 Å². The molecule has 0 saturated heterocycles. The average molecular weight is 138 g/mol. The van der Waals surface area contributed by atoms with Crippen LogP contribution in [-0.4, -0.2) is 24.9 Å². The summed E-state index contributed by atoms with van der Waals surface area (Å²) >= 11 is 0. The summed E-state index contributed by atoms with van der Waals surface area (Å²) in [5, 5.41) is 0. The number of nitrogens with zero attached hydrogens (tertiary/aromatic N) is 2. The fourth-order valence-corrected chi connectivity index (χ4v) is 0.407. The highest BCUT2D eigenvalue weighted by molar-refractivity contribution is 6.44. The molecule has 0 aliphatic carbocycles. The van der Waals surface area contributed by atoms with Gasteiger partial charge in [0.15, 0.2) is 5.78 Å². The van der Waals surface area contributed by atoms with Gasteiger partial charge in [-0.1, -0.05) is 6.58 Å². The Labute approximate surface area is 60.2 Å². The lowest BCUT2D eigenvalue weighted by molar-refractivity contribution is -0.111. The van der Waals surface area contributed by atoms with Gasteiger partial charge in [0.1, 0.15) is 12.1 Å². The lowest BCUT2D eigenvalue weighted by Gasteiger charge is -1.87. The van der Waals surface area contributed by atoms with E-state index in [1.807, 2.05) is 0 Å². The van der Waals surface area contributed by atoms with Crippen LogP contribution in [0.4, 0.5) is 0 Å². The standard InChI is InChI=1S/C7H10N2O/c1-4-7(6(2)10)9-5-8-3/h4-5H,1H2,2-3H3. The molecule has 54 valence electrons. The van der Waals surface area contributed by atoms with Crippen molar-refractivity contribution in [1.82, 2.24) is 0 Å². The number of rotatable bonds is 3. The quantitative estimate of drug-likeness (QED) is 0.421. The molecule has 0 atom stereocenters. The van der Waals surface area contributed by atoms with E-state index in [1.54, 1.807) is 7.05 Å². The molecular weight excluding hydrogens is 128 g/mol. The van der Waals surface area contributed by atoms with Crippen molar-refractivity contribution >= 4 is 17.8 Å². The highest BCUT2D eigenvalue weighted by Crippen LogP contribution is 1.80. The molecule has 0 saturated carbocycles. The molecule has 3 nitrogen and oxygen atoms in total. The Balaban J connectivity index is 4.33. The number of carbonyl (C=O) groups excluding carboxylic acids is 1. The van der Waals surface area contributed by atoms with E-state index in [0.29, 0.717) is 5.71 Å². The highest BCUT2D eigenvalue weighted by atomic mass is 16.1. The molecule has 10 heavy (non-hydrogen) atoms. The van der Waals surface area contributed by atoms with Crippen LogP contribution in [0.3, 0.4) is 0 Å². The van der Waals surface area contributed by atoms with E-state index in [9.17, 15) is 4.79 Å². The van der Waals surface area contributed by atoms with Crippen LogP contribution in [0.25, 0.3) is 0 Å². The van der Waals surface area contributed by atoms with E-state index >= 15 is 0 Å². The molecule has 0 radical (unpaired) electrons. The van der Waals surface area contributed by atoms with Crippen LogP contribution in [0.15, 0.2) is 22.6 Å². The Kier molecular flexibility index (Phi) is 4.04. The maximum absolute atomic E-state index is 10.6. The number of Topliss-reactive ketones (excluding diaryl/α,β-unsaturated/α-hetero) is 1. The summed E-state index contributed by atoms with van der Waals surface area (Å²) in [4.78, 5) is 17.9. The lowest BCUT2D eigenvalue weighted by atomic mass is 10.3. The van der Waals surface area contributed by atoms with Gasteiger partial charge >= 0.3 is 0 Å². The van der Waals surface area contributed by atoms with E-state index in [-0.39, 0.29) is 5.78 Å². The second kappa shape index (κ2) is 4.61. The Hall–Kier alpha value is -1.25. The molecule has 0 spiro atoms.